The average Bonchev–Trinajstić information content (AvgIpc) is 3.35. The predicted molar refractivity (Wildman–Crippen MR) is 171 cm³/mol. The van der Waals surface area contributed by atoms with Gasteiger partial charge < -0.3 is 20.3 Å². The molecule has 0 saturated carbocycles. The van der Waals surface area contributed by atoms with Crippen LogP contribution in [0.3, 0.4) is 0 Å². The molecule has 3 amide bonds. The molecule has 0 aliphatic carbocycles. The molecular weight excluding hydrogens is 677 g/mol. The molecule has 0 bridgehead atoms. The molecule has 6 rings (SSSR count). The number of benzene rings is 2. The number of rotatable bonds is 7. The van der Waals surface area contributed by atoms with Crippen molar-refractivity contribution in [2.45, 2.75) is 11.0 Å². The summed E-state index contributed by atoms with van der Waals surface area (Å²) in [6, 6.07) is 11.0. The summed E-state index contributed by atoms with van der Waals surface area (Å²) in [5, 5.41) is 6.96. The van der Waals surface area contributed by atoms with Gasteiger partial charge in [0.2, 0.25) is 0 Å². The second-order valence-electron chi connectivity index (χ2n) is 9.93. The summed E-state index contributed by atoms with van der Waals surface area (Å²) in [4.78, 5) is 43.1. The van der Waals surface area contributed by atoms with E-state index in [-0.39, 0.29) is 5.91 Å². The first-order valence-corrected chi connectivity index (χ1v) is 15.7. The van der Waals surface area contributed by atoms with Crippen molar-refractivity contribution in [2.24, 2.45) is 0 Å². The fourth-order valence-corrected chi connectivity index (χ4v) is 6.91. The standard InChI is InChI=1S/C28H27ClIN7O3S/c1-35-7-9-36(10-8-35)14-16-3-5-18(6-4-16)33-26(38)24-23-22-25(31-15-32-27(22)41-24)37(28(39)34-23)20-12-21(40-2)19(29)11-17(20)13-30/h3-6,11-12,15H,7-10,13-14H2,1-2H3,(H,33,38)(H,34,39). The highest BCUT2D eigenvalue weighted by Crippen LogP contribution is 2.46. The van der Waals surface area contributed by atoms with Crippen LogP contribution in [0.1, 0.15) is 20.8 Å². The summed E-state index contributed by atoms with van der Waals surface area (Å²) >= 11 is 9.80. The number of carbonyl (C=O) groups is 2. The Morgan fingerprint density at radius 3 is 2.63 bits per heavy atom. The third kappa shape index (κ3) is 5.46. The van der Waals surface area contributed by atoms with Gasteiger partial charge in [-0.15, -0.1) is 11.3 Å². The zero-order valence-electron chi connectivity index (χ0n) is 22.4. The zero-order chi connectivity index (χ0) is 28.7. The molecule has 4 aromatic rings. The van der Waals surface area contributed by atoms with Gasteiger partial charge in [-0.25, -0.2) is 19.7 Å². The van der Waals surface area contributed by atoms with E-state index in [2.05, 4.69) is 60.0 Å². The highest BCUT2D eigenvalue weighted by molar-refractivity contribution is 14.1. The minimum atomic E-state index is -0.436. The number of amides is 3. The number of anilines is 4. The number of nitrogens with one attached hydrogen (secondary N) is 2. The van der Waals surface area contributed by atoms with Crippen molar-refractivity contribution in [3.63, 3.8) is 0 Å². The number of nitrogens with zero attached hydrogens (tertiary/aromatic N) is 5. The Balaban J connectivity index is 1.28. The quantitative estimate of drug-likeness (QED) is 0.181. The minimum Gasteiger partial charge on any atom is -0.495 e. The fraction of sp³-hybridized carbons (Fsp3) is 0.286. The molecule has 2 aromatic heterocycles. The van der Waals surface area contributed by atoms with Crippen LogP contribution in [0.25, 0.3) is 10.2 Å². The highest BCUT2D eigenvalue weighted by atomic mass is 127. The molecule has 212 valence electrons. The van der Waals surface area contributed by atoms with Gasteiger partial charge in [0.1, 0.15) is 21.8 Å². The number of hydrogen-bond donors (Lipinski definition) is 2. The topological polar surface area (TPSA) is 103 Å². The maximum atomic E-state index is 13.5. The van der Waals surface area contributed by atoms with Crippen LogP contribution in [0.5, 0.6) is 5.75 Å². The summed E-state index contributed by atoms with van der Waals surface area (Å²) in [5.41, 5.74) is 3.71. The maximum Gasteiger partial charge on any atom is 0.332 e. The Labute approximate surface area is 259 Å². The van der Waals surface area contributed by atoms with Crippen LogP contribution < -0.4 is 20.3 Å². The summed E-state index contributed by atoms with van der Waals surface area (Å²) in [7, 11) is 3.67. The number of thiophene rings is 1. The molecule has 2 N–H and O–H groups in total. The number of piperazine rings is 1. The van der Waals surface area contributed by atoms with Gasteiger partial charge in [-0.1, -0.05) is 46.3 Å². The van der Waals surface area contributed by atoms with Crippen molar-refractivity contribution in [1.29, 1.82) is 0 Å². The van der Waals surface area contributed by atoms with Crippen molar-refractivity contribution in [3.8, 4) is 5.75 Å². The molecule has 0 spiro atoms. The first-order valence-electron chi connectivity index (χ1n) is 13.0. The van der Waals surface area contributed by atoms with Crippen LogP contribution in [0, 0.1) is 0 Å². The van der Waals surface area contributed by atoms with Gasteiger partial charge in [-0.05, 0) is 36.4 Å². The number of likely N-dealkylation sites (N-methyl/N-ethyl adjacent to an activating group) is 1. The Morgan fingerprint density at radius 1 is 1.17 bits per heavy atom. The lowest BCUT2D eigenvalue weighted by Crippen LogP contribution is -2.43. The van der Waals surface area contributed by atoms with Gasteiger partial charge in [0.25, 0.3) is 5.91 Å². The molecule has 0 atom stereocenters. The van der Waals surface area contributed by atoms with Crippen LogP contribution in [-0.4, -0.2) is 72.0 Å². The third-order valence-corrected chi connectivity index (χ3v) is 9.49. The highest BCUT2D eigenvalue weighted by Gasteiger charge is 2.35. The largest absolute Gasteiger partial charge is 0.495 e. The number of alkyl halides is 1. The molecule has 0 unspecified atom stereocenters. The van der Waals surface area contributed by atoms with Gasteiger partial charge in [0.05, 0.1) is 28.9 Å². The Hall–Kier alpha value is -3.04. The Kier molecular flexibility index (Phi) is 8.01. The maximum absolute atomic E-state index is 13.5. The lowest BCUT2D eigenvalue weighted by molar-refractivity contribution is 0.103. The Bertz CT molecular complexity index is 1640. The summed E-state index contributed by atoms with van der Waals surface area (Å²) in [6.07, 6.45) is 1.40. The number of halogens is 2. The molecule has 10 nitrogen and oxygen atoms in total. The average molecular weight is 704 g/mol. The normalized spacial score (nSPS) is 15.7. The van der Waals surface area contributed by atoms with E-state index in [0.717, 1.165) is 38.3 Å². The van der Waals surface area contributed by atoms with E-state index in [1.54, 1.807) is 12.1 Å². The lowest BCUT2D eigenvalue weighted by Gasteiger charge is -2.32. The molecule has 1 saturated heterocycles. The fourth-order valence-electron chi connectivity index (χ4n) is 5.05. The SMILES string of the molecule is COc1cc(N2C(=O)Nc3c(C(=O)Nc4ccc(CN5CCN(C)CC5)cc4)sc4ncnc2c34)c(CI)cc1Cl. The van der Waals surface area contributed by atoms with E-state index in [9.17, 15) is 9.59 Å². The molecular formula is C28H27ClIN7O3S. The second-order valence-corrected chi connectivity index (χ2v) is 12.1. The van der Waals surface area contributed by atoms with E-state index in [0.29, 0.717) is 53.2 Å². The van der Waals surface area contributed by atoms with Crippen molar-refractivity contribution >= 4 is 90.6 Å². The number of methoxy groups -OCH3 is 1. The van der Waals surface area contributed by atoms with Crippen LogP contribution >= 0.6 is 45.5 Å². The minimum absolute atomic E-state index is 0.323. The van der Waals surface area contributed by atoms with Crippen molar-refractivity contribution in [1.82, 2.24) is 19.8 Å². The molecule has 2 aliphatic heterocycles. The smallest absolute Gasteiger partial charge is 0.332 e. The van der Waals surface area contributed by atoms with Gasteiger partial charge >= 0.3 is 6.03 Å². The number of hydrogen-bond acceptors (Lipinski definition) is 8. The van der Waals surface area contributed by atoms with E-state index >= 15 is 0 Å². The summed E-state index contributed by atoms with van der Waals surface area (Å²) in [5.74, 6) is 0.516. The number of carbonyl (C=O) groups excluding carboxylic acids is 2. The molecule has 2 aliphatic rings. The molecule has 0 radical (unpaired) electrons. The van der Waals surface area contributed by atoms with Gasteiger partial charge in [0, 0.05) is 48.9 Å². The first kappa shape index (κ1) is 28.1. The van der Waals surface area contributed by atoms with Crippen molar-refractivity contribution in [2.75, 3.05) is 55.9 Å². The second kappa shape index (κ2) is 11.7. The first-order chi connectivity index (χ1) is 19.9. The molecule has 1 fully saturated rings. The monoisotopic (exact) mass is 703 g/mol. The zero-order valence-corrected chi connectivity index (χ0v) is 26.1. The summed E-state index contributed by atoms with van der Waals surface area (Å²) in [6.45, 7) is 5.11. The summed E-state index contributed by atoms with van der Waals surface area (Å²) < 4.78 is 6.02. The van der Waals surface area contributed by atoms with Crippen LogP contribution in [-0.2, 0) is 11.0 Å². The van der Waals surface area contributed by atoms with Crippen molar-refractivity contribution in [3.05, 3.63) is 63.8 Å². The predicted octanol–water partition coefficient (Wildman–Crippen LogP) is 5.97. The molecule has 41 heavy (non-hydrogen) atoms. The van der Waals surface area contributed by atoms with Crippen molar-refractivity contribution < 1.29 is 14.3 Å². The van der Waals surface area contributed by atoms with Crippen LogP contribution in [0.4, 0.5) is 27.7 Å². The van der Waals surface area contributed by atoms with Crippen LogP contribution in [0.15, 0.2) is 42.7 Å². The number of aromatic nitrogens is 2. The lowest BCUT2D eigenvalue weighted by atomic mass is 10.1. The number of urea groups is 1. The van der Waals surface area contributed by atoms with E-state index in [1.807, 2.05) is 24.3 Å². The van der Waals surface area contributed by atoms with Gasteiger partial charge in [-0.2, -0.15) is 0 Å². The van der Waals surface area contributed by atoms with Gasteiger partial charge in [0.15, 0.2) is 5.82 Å². The van der Waals surface area contributed by atoms with E-state index in [1.165, 1.54) is 35.2 Å². The van der Waals surface area contributed by atoms with Gasteiger partial charge in [-0.3, -0.25) is 9.69 Å². The van der Waals surface area contributed by atoms with Crippen LogP contribution in [0.2, 0.25) is 5.02 Å². The Morgan fingerprint density at radius 2 is 1.93 bits per heavy atom. The third-order valence-electron chi connectivity index (χ3n) is 7.27. The molecule has 2 aromatic carbocycles. The molecule has 4 heterocycles. The van der Waals surface area contributed by atoms with E-state index < -0.39 is 6.03 Å². The molecule has 13 heteroatoms. The van der Waals surface area contributed by atoms with E-state index in [4.69, 9.17) is 16.3 Å². The number of ether oxygens (including phenoxy) is 1.